The van der Waals surface area contributed by atoms with Crippen LogP contribution >= 0.6 is 0 Å². The topological polar surface area (TPSA) is 60.2 Å². The Labute approximate surface area is 75.4 Å². The van der Waals surface area contributed by atoms with E-state index in [2.05, 4.69) is 13.8 Å². The van der Waals surface area contributed by atoms with Crippen LogP contribution in [0.3, 0.4) is 0 Å². The van der Waals surface area contributed by atoms with Crippen molar-refractivity contribution in [2.24, 2.45) is 11.1 Å². The molecular weight excluding hydrogens is 174 g/mol. The van der Waals surface area contributed by atoms with Crippen molar-refractivity contribution in [2.75, 3.05) is 0 Å². The van der Waals surface area contributed by atoms with E-state index in [0.717, 1.165) is 6.42 Å². The Bertz CT molecular complexity index is 209. The number of primary sulfonamides is 1. The predicted molar refractivity (Wildman–Crippen MR) is 51.3 cm³/mol. The highest BCUT2D eigenvalue weighted by atomic mass is 32.2. The molecular formula is C8H19NO2S. The minimum atomic E-state index is -3.31. The molecule has 0 saturated carbocycles. The Morgan fingerprint density at radius 3 is 2.00 bits per heavy atom. The molecule has 0 aliphatic carbocycles. The van der Waals surface area contributed by atoms with Crippen molar-refractivity contribution >= 4 is 10.0 Å². The Morgan fingerprint density at radius 1 is 1.25 bits per heavy atom. The quantitative estimate of drug-likeness (QED) is 0.719. The fourth-order valence-electron chi connectivity index (χ4n) is 1.12. The Hall–Kier alpha value is -0.0900. The average Bonchev–Trinajstić information content (AvgIpc) is 1.85. The van der Waals surface area contributed by atoms with Crippen LogP contribution in [0.5, 0.6) is 0 Å². The van der Waals surface area contributed by atoms with Gasteiger partial charge in [-0.25, -0.2) is 13.6 Å². The van der Waals surface area contributed by atoms with E-state index >= 15 is 0 Å². The average molecular weight is 193 g/mol. The number of rotatable bonds is 5. The van der Waals surface area contributed by atoms with E-state index in [9.17, 15) is 8.42 Å². The van der Waals surface area contributed by atoms with Gasteiger partial charge in [0.2, 0.25) is 10.0 Å². The maximum absolute atomic E-state index is 11.0. The van der Waals surface area contributed by atoms with Gasteiger partial charge < -0.3 is 0 Å². The summed E-state index contributed by atoms with van der Waals surface area (Å²) in [5.41, 5.74) is 0. The van der Waals surface area contributed by atoms with Crippen molar-refractivity contribution in [1.29, 1.82) is 0 Å². The van der Waals surface area contributed by atoms with Crippen molar-refractivity contribution in [2.45, 2.75) is 45.3 Å². The van der Waals surface area contributed by atoms with Crippen LogP contribution in [-0.2, 0) is 10.0 Å². The summed E-state index contributed by atoms with van der Waals surface area (Å²) in [7, 11) is -3.31. The van der Waals surface area contributed by atoms with Gasteiger partial charge in [0, 0.05) is 0 Å². The van der Waals surface area contributed by atoms with E-state index in [-0.39, 0.29) is 5.25 Å². The zero-order chi connectivity index (χ0) is 9.78. The number of hydrogen-bond acceptors (Lipinski definition) is 2. The second kappa shape index (κ2) is 4.82. The van der Waals surface area contributed by atoms with E-state index in [4.69, 9.17) is 5.14 Å². The van der Waals surface area contributed by atoms with Gasteiger partial charge >= 0.3 is 0 Å². The van der Waals surface area contributed by atoms with Gasteiger partial charge in [0.15, 0.2) is 0 Å². The summed E-state index contributed by atoms with van der Waals surface area (Å²) in [4.78, 5) is 0. The van der Waals surface area contributed by atoms with Crippen molar-refractivity contribution < 1.29 is 8.42 Å². The number of nitrogens with two attached hydrogens (primary N) is 1. The van der Waals surface area contributed by atoms with Crippen molar-refractivity contribution in [3.05, 3.63) is 0 Å². The molecule has 0 saturated heterocycles. The molecule has 1 unspecified atom stereocenters. The predicted octanol–water partition coefficient (Wildman–Crippen LogP) is 1.49. The molecule has 3 nitrogen and oxygen atoms in total. The third-order valence-electron chi connectivity index (χ3n) is 1.99. The molecule has 0 spiro atoms. The number of hydrogen-bond donors (Lipinski definition) is 1. The summed E-state index contributed by atoms with van der Waals surface area (Å²) >= 11 is 0. The maximum Gasteiger partial charge on any atom is 0.211 e. The second-order valence-electron chi connectivity index (χ2n) is 3.59. The molecule has 0 aromatic rings. The first-order chi connectivity index (χ1) is 5.38. The highest BCUT2D eigenvalue weighted by Gasteiger charge is 2.18. The third-order valence-corrected chi connectivity index (χ3v) is 3.48. The first-order valence-corrected chi connectivity index (χ1v) is 6.00. The van der Waals surface area contributed by atoms with Crippen molar-refractivity contribution in [3.8, 4) is 0 Å². The highest BCUT2D eigenvalue weighted by Crippen LogP contribution is 2.13. The summed E-state index contributed by atoms with van der Waals surface area (Å²) in [6.45, 7) is 6.01. The van der Waals surface area contributed by atoms with Crippen molar-refractivity contribution in [1.82, 2.24) is 0 Å². The maximum atomic E-state index is 11.0. The molecule has 12 heavy (non-hydrogen) atoms. The minimum absolute atomic E-state index is 0.347. The van der Waals surface area contributed by atoms with Gasteiger partial charge in [-0.3, -0.25) is 0 Å². The molecule has 0 radical (unpaired) electrons. The van der Waals surface area contributed by atoms with Crippen LogP contribution in [0.25, 0.3) is 0 Å². The molecule has 0 rings (SSSR count). The zero-order valence-corrected chi connectivity index (χ0v) is 8.89. The van der Waals surface area contributed by atoms with Crippen LogP contribution in [0, 0.1) is 5.92 Å². The lowest BCUT2D eigenvalue weighted by Crippen LogP contribution is -2.28. The molecule has 0 amide bonds. The van der Waals surface area contributed by atoms with Crippen LogP contribution in [0.1, 0.15) is 40.0 Å². The molecule has 74 valence electrons. The first kappa shape index (κ1) is 11.9. The van der Waals surface area contributed by atoms with E-state index in [0.29, 0.717) is 18.8 Å². The summed E-state index contributed by atoms with van der Waals surface area (Å²) in [6, 6.07) is 0. The van der Waals surface area contributed by atoms with Crippen LogP contribution < -0.4 is 5.14 Å². The van der Waals surface area contributed by atoms with Crippen molar-refractivity contribution in [3.63, 3.8) is 0 Å². The fraction of sp³-hybridized carbons (Fsp3) is 1.00. The molecule has 1 atom stereocenters. The van der Waals surface area contributed by atoms with Gasteiger partial charge in [0.05, 0.1) is 5.25 Å². The smallest absolute Gasteiger partial charge is 0.211 e. The second-order valence-corrected chi connectivity index (χ2v) is 5.44. The van der Waals surface area contributed by atoms with Crippen LogP contribution in [0.4, 0.5) is 0 Å². The van der Waals surface area contributed by atoms with E-state index in [1.165, 1.54) is 0 Å². The number of sulfonamides is 1. The Kier molecular flexibility index (Phi) is 4.78. The zero-order valence-electron chi connectivity index (χ0n) is 8.08. The first-order valence-electron chi connectivity index (χ1n) is 4.39. The Morgan fingerprint density at radius 2 is 1.75 bits per heavy atom. The lowest BCUT2D eigenvalue weighted by Gasteiger charge is -2.13. The minimum Gasteiger partial charge on any atom is -0.228 e. The van der Waals surface area contributed by atoms with Gasteiger partial charge in [-0.05, 0) is 25.2 Å². The molecule has 0 aliphatic rings. The van der Waals surface area contributed by atoms with Crippen LogP contribution in [0.15, 0.2) is 0 Å². The summed E-state index contributed by atoms with van der Waals surface area (Å²) < 4.78 is 21.9. The van der Waals surface area contributed by atoms with Gasteiger partial charge in [0.1, 0.15) is 0 Å². The van der Waals surface area contributed by atoms with Gasteiger partial charge in [0.25, 0.3) is 0 Å². The van der Waals surface area contributed by atoms with E-state index in [1.807, 2.05) is 6.92 Å². The molecule has 4 heteroatoms. The molecule has 0 heterocycles. The lowest BCUT2D eigenvalue weighted by molar-refractivity contribution is 0.515. The van der Waals surface area contributed by atoms with Crippen LogP contribution in [-0.4, -0.2) is 13.7 Å². The van der Waals surface area contributed by atoms with E-state index in [1.54, 1.807) is 0 Å². The monoisotopic (exact) mass is 193 g/mol. The normalized spacial score (nSPS) is 15.1. The van der Waals surface area contributed by atoms with Gasteiger partial charge in [-0.1, -0.05) is 20.8 Å². The highest BCUT2D eigenvalue weighted by molar-refractivity contribution is 7.89. The molecule has 0 aliphatic heterocycles. The summed E-state index contributed by atoms with van der Waals surface area (Å²) in [5, 5.41) is 4.70. The van der Waals surface area contributed by atoms with E-state index < -0.39 is 10.0 Å². The van der Waals surface area contributed by atoms with Gasteiger partial charge in [-0.2, -0.15) is 0 Å². The Balaban J connectivity index is 4.03. The summed E-state index contributed by atoms with van der Waals surface area (Å²) in [5.74, 6) is 0.542. The third kappa shape index (κ3) is 4.72. The SMILES string of the molecule is CCC(CCC(C)C)S(N)(=O)=O. The molecule has 0 aromatic carbocycles. The summed E-state index contributed by atoms with van der Waals surface area (Å²) in [6.07, 6.45) is 2.23. The molecule has 0 bridgehead atoms. The fourth-order valence-corrected chi connectivity index (χ4v) is 2.05. The standard InChI is InChI=1S/C8H19NO2S/c1-4-8(12(9,10)11)6-5-7(2)3/h7-8H,4-6H2,1-3H3,(H2,9,10,11). The largest absolute Gasteiger partial charge is 0.228 e. The molecule has 2 N–H and O–H groups in total. The van der Waals surface area contributed by atoms with Crippen LogP contribution in [0.2, 0.25) is 0 Å². The lowest BCUT2D eigenvalue weighted by atomic mass is 10.1. The molecule has 0 fully saturated rings. The van der Waals surface area contributed by atoms with Gasteiger partial charge in [-0.15, -0.1) is 0 Å². The molecule has 0 aromatic heterocycles.